The molecule has 0 aromatic carbocycles. The second kappa shape index (κ2) is 6.33. The molecular formula is C12H25N3O2. The van der Waals surface area contributed by atoms with Crippen LogP contribution in [0.1, 0.15) is 13.8 Å². The third-order valence-corrected chi connectivity index (χ3v) is 3.36. The second-order valence-corrected chi connectivity index (χ2v) is 5.09. The molecule has 5 nitrogen and oxygen atoms in total. The summed E-state index contributed by atoms with van der Waals surface area (Å²) < 4.78 is 4.91. The monoisotopic (exact) mass is 243 g/mol. The molecule has 1 heterocycles. The van der Waals surface area contributed by atoms with Gasteiger partial charge < -0.3 is 15.4 Å². The van der Waals surface area contributed by atoms with Crippen LogP contribution in [0.2, 0.25) is 0 Å². The van der Waals surface area contributed by atoms with Crippen LogP contribution in [-0.4, -0.2) is 68.2 Å². The Morgan fingerprint density at radius 1 is 1.53 bits per heavy atom. The van der Waals surface area contributed by atoms with Crippen LogP contribution in [0.15, 0.2) is 0 Å². The van der Waals surface area contributed by atoms with Crippen LogP contribution in [0.4, 0.5) is 0 Å². The van der Waals surface area contributed by atoms with E-state index in [9.17, 15) is 4.79 Å². The van der Waals surface area contributed by atoms with Gasteiger partial charge in [0.1, 0.15) is 6.04 Å². The Balaban J connectivity index is 2.41. The molecule has 0 aromatic heterocycles. The van der Waals surface area contributed by atoms with E-state index < -0.39 is 6.04 Å². The highest BCUT2D eigenvalue weighted by Crippen LogP contribution is 2.19. The minimum absolute atomic E-state index is 0.298. The minimum Gasteiger partial charge on any atom is -0.465 e. The third kappa shape index (κ3) is 3.94. The molecule has 0 amide bonds. The lowest BCUT2D eigenvalue weighted by atomic mass is 10.1. The van der Waals surface area contributed by atoms with Crippen molar-refractivity contribution in [2.24, 2.45) is 11.7 Å². The lowest BCUT2D eigenvalue weighted by Gasteiger charge is -2.23. The van der Waals surface area contributed by atoms with Crippen molar-refractivity contribution < 1.29 is 9.53 Å². The Labute approximate surface area is 104 Å². The molecule has 0 aromatic rings. The van der Waals surface area contributed by atoms with Crippen molar-refractivity contribution >= 4 is 5.97 Å². The highest BCUT2D eigenvalue weighted by molar-refractivity contribution is 5.75. The number of nitrogens with zero attached hydrogens (tertiary/aromatic N) is 2. The quantitative estimate of drug-likeness (QED) is 0.675. The van der Waals surface area contributed by atoms with Gasteiger partial charge in [-0.05, 0) is 26.9 Å². The summed E-state index contributed by atoms with van der Waals surface area (Å²) in [6.07, 6.45) is 0. The van der Waals surface area contributed by atoms with Crippen LogP contribution < -0.4 is 5.73 Å². The molecule has 0 radical (unpaired) electrons. The van der Waals surface area contributed by atoms with E-state index in [1.807, 2.05) is 0 Å². The average Bonchev–Trinajstić information content (AvgIpc) is 2.59. The Morgan fingerprint density at radius 2 is 2.18 bits per heavy atom. The van der Waals surface area contributed by atoms with Gasteiger partial charge in [-0.3, -0.25) is 9.69 Å². The number of hydrogen-bond acceptors (Lipinski definition) is 5. The summed E-state index contributed by atoms with van der Waals surface area (Å²) in [4.78, 5) is 15.9. The molecule has 0 spiro atoms. The highest BCUT2D eigenvalue weighted by atomic mass is 16.5. The maximum Gasteiger partial charge on any atom is 0.324 e. The fourth-order valence-corrected chi connectivity index (χ4v) is 2.47. The minimum atomic E-state index is -0.525. The molecule has 1 aliphatic heterocycles. The number of carbonyl (C=O) groups is 1. The zero-order valence-corrected chi connectivity index (χ0v) is 11.3. The van der Waals surface area contributed by atoms with Gasteiger partial charge in [0.15, 0.2) is 0 Å². The molecule has 1 rings (SSSR count). The normalized spacial score (nSPS) is 27.4. The van der Waals surface area contributed by atoms with E-state index in [1.54, 1.807) is 6.92 Å². The molecular weight excluding hydrogens is 218 g/mol. The van der Waals surface area contributed by atoms with Crippen molar-refractivity contribution in [1.82, 2.24) is 9.80 Å². The number of carbonyl (C=O) groups excluding carboxylic acids is 1. The molecule has 0 aliphatic carbocycles. The fraction of sp³-hybridized carbons (Fsp3) is 0.917. The standard InChI is InChI=1S/C12H25N3O2/c1-5-17-12(16)10(13)7-15-6-9(2)11(8-15)14(3)4/h9-11H,5-8,13H2,1-4H3. The number of nitrogens with two attached hydrogens (primary N) is 1. The first-order valence-electron chi connectivity index (χ1n) is 6.26. The molecule has 1 saturated heterocycles. The number of hydrogen-bond donors (Lipinski definition) is 1. The predicted octanol–water partition coefficient (Wildman–Crippen LogP) is -0.241. The van der Waals surface area contributed by atoms with Crippen LogP contribution in [0.25, 0.3) is 0 Å². The van der Waals surface area contributed by atoms with E-state index in [2.05, 4.69) is 30.8 Å². The summed E-state index contributed by atoms with van der Waals surface area (Å²) in [6, 6.07) is 0.0208. The summed E-state index contributed by atoms with van der Waals surface area (Å²) in [7, 11) is 4.19. The van der Waals surface area contributed by atoms with Crippen molar-refractivity contribution in [3.05, 3.63) is 0 Å². The van der Waals surface area contributed by atoms with Crippen molar-refractivity contribution in [3.8, 4) is 0 Å². The lowest BCUT2D eigenvalue weighted by molar-refractivity contribution is -0.145. The molecule has 3 unspecified atom stereocenters. The topological polar surface area (TPSA) is 58.8 Å². The summed E-state index contributed by atoms with van der Waals surface area (Å²) in [5.41, 5.74) is 5.82. The van der Waals surface area contributed by atoms with Crippen LogP contribution in [0, 0.1) is 5.92 Å². The molecule has 17 heavy (non-hydrogen) atoms. The first-order chi connectivity index (χ1) is 7.95. The highest BCUT2D eigenvalue weighted by Gasteiger charge is 2.32. The number of ether oxygens (including phenoxy) is 1. The molecule has 0 bridgehead atoms. The molecule has 1 fully saturated rings. The zero-order valence-electron chi connectivity index (χ0n) is 11.3. The Hall–Kier alpha value is -0.650. The van der Waals surface area contributed by atoms with Crippen molar-refractivity contribution in [2.45, 2.75) is 25.9 Å². The first-order valence-corrected chi connectivity index (χ1v) is 6.26. The van der Waals surface area contributed by atoms with Gasteiger partial charge in [0.25, 0.3) is 0 Å². The fourth-order valence-electron chi connectivity index (χ4n) is 2.47. The summed E-state index contributed by atoms with van der Waals surface area (Å²) in [5.74, 6) is 0.313. The van der Waals surface area contributed by atoms with Gasteiger partial charge >= 0.3 is 5.97 Å². The molecule has 100 valence electrons. The van der Waals surface area contributed by atoms with Crippen molar-refractivity contribution in [3.63, 3.8) is 0 Å². The van der Waals surface area contributed by atoms with Gasteiger partial charge in [0.2, 0.25) is 0 Å². The summed E-state index contributed by atoms with van der Waals surface area (Å²) in [5, 5.41) is 0. The number of likely N-dealkylation sites (N-methyl/N-ethyl adjacent to an activating group) is 1. The third-order valence-electron chi connectivity index (χ3n) is 3.36. The summed E-state index contributed by atoms with van der Waals surface area (Å²) in [6.45, 7) is 6.99. The van der Waals surface area contributed by atoms with E-state index in [1.165, 1.54) is 0 Å². The number of rotatable bonds is 5. The van der Waals surface area contributed by atoms with Gasteiger partial charge in [-0.1, -0.05) is 6.92 Å². The zero-order chi connectivity index (χ0) is 13.0. The van der Waals surface area contributed by atoms with Crippen molar-refractivity contribution in [1.29, 1.82) is 0 Å². The van der Waals surface area contributed by atoms with E-state index in [0.29, 0.717) is 25.1 Å². The average molecular weight is 243 g/mol. The molecule has 3 atom stereocenters. The van der Waals surface area contributed by atoms with Crippen LogP contribution in [0.5, 0.6) is 0 Å². The summed E-state index contributed by atoms with van der Waals surface area (Å²) >= 11 is 0. The first kappa shape index (κ1) is 14.4. The van der Waals surface area contributed by atoms with E-state index in [0.717, 1.165) is 13.1 Å². The molecule has 2 N–H and O–H groups in total. The van der Waals surface area contributed by atoms with E-state index >= 15 is 0 Å². The Kier molecular flexibility index (Phi) is 5.36. The van der Waals surface area contributed by atoms with Gasteiger partial charge in [-0.15, -0.1) is 0 Å². The van der Waals surface area contributed by atoms with Crippen LogP contribution in [-0.2, 0) is 9.53 Å². The second-order valence-electron chi connectivity index (χ2n) is 5.09. The SMILES string of the molecule is CCOC(=O)C(N)CN1CC(C)C(N(C)C)C1. The van der Waals surface area contributed by atoms with Crippen molar-refractivity contribution in [2.75, 3.05) is 40.3 Å². The number of esters is 1. The molecule has 1 aliphatic rings. The lowest BCUT2D eigenvalue weighted by Crippen LogP contribution is -2.43. The Bertz CT molecular complexity index is 258. The van der Waals surface area contributed by atoms with Gasteiger partial charge in [0, 0.05) is 25.7 Å². The molecule has 0 saturated carbocycles. The smallest absolute Gasteiger partial charge is 0.324 e. The Morgan fingerprint density at radius 3 is 2.65 bits per heavy atom. The van der Waals surface area contributed by atoms with Gasteiger partial charge in [-0.2, -0.15) is 0 Å². The van der Waals surface area contributed by atoms with Gasteiger partial charge in [-0.25, -0.2) is 0 Å². The maximum absolute atomic E-state index is 11.4. The number of likely N-dealkylation sites (tertiary alicyclic amines) is 1. The largest absolute Gasteiger partial charge is 0.465 e. The van der Waals surface area contributed by atoms with Crippen LogP contribution >= 0.6 is 0 Å². The van der Waals surface area contributed by atoms with E-state index in [4.69, 9.17) is 10.5 Å². The molecule has 5 heteroatoms. The van der Waals surface area contributed by atoms with Gasteiger partial charge in [0.05, 0.1) is 6.61 Å². The maximum atomic E-state index is 11.4. The van der Waals surface area contributed by atoms with Crippen LogP contribution in [0.3, 0.4) is 0 Å². The van der Waals surface area contributed by atoms with E-state index in [-0.39, 0.29) is 5.97 Å². The predicted molar refractivity (Wildman–Crippen MR) is 67.7 cm³/mol.